The molecule has 0 spiro atoms. The Morgan fingerprint density at radius 2 is 0.588 bits per heavy atom. The molecule has 0 aliphatic carbocycles. The summed E-state index contributed by atoms with van der Waals surface area (Å²) in [6.45, 7) is 0. The quantitative estimate of drug-likeness (QED) is 0.153. The highest BCUT2D eigenvalue weighted by Crippen LogP contribution is 2.44. The van der Waals surface area contributed by atoms with Crippen LogP contribution in [0, 0.1) is 0 Å². The second-order valence-electron chi connectivity index (χ2n) is 17.2. The summed E-state index contributed by atoms with van der Waals surface area (Å²) >= 11 is 0. The Bertz CT molecular complexity index is 3910. The Kier molecular flexibility index (Phi) is 9.43. The summed E-state index contributed by atoms with van der Waals surface area (Å²) in [6.07, 6.45) is 0. The standard InChI is InChI=1S/C63H41N5/c1-5-18-42(19-6-1)43-32-34-44(35-33-43)45-36-38-49(39-37-45)62-64-61(48-24-11-4-12-25-48)65-63(66-62)68-57-31-16-14-27-53(57)55-40-58-54(41-59(55)68)52-26-13-15-30-56(52)67(58)60-50(46-20-7-2-8-21-46)28-17-29-51(60)47-22-9-3-10-23-47/h1-41H. The molecule has 0 bridgehead atoms. The lowest BCUT2D eigenvalue weighted by molar-refractivity contribution is 0.954. The minimum Gasteiger partial charge on any atom is -0.308 e. The second kappa shape index (κ2) is 16.4. The van der Waals surface area contributed by atoms with E-state index in [0.717, 1.165) is 88.4 Å². The molecule has 318 valence electrons. The Morgan fingerprint density at radius 1 is 0.235 bits per heavy atom. The van der Waals surface area contributed by atoms with Gasteiger partial charge in [0.25, 0.3) is 0 Å². The number of fused-ring (bicyclic) bond motifs is 6. The summed E-state index contributed by atoms with van der Waals surface area (Å²) < 4.78 is 4.71. The first kappa shape index (κ1) is 39.2. The molecule has 68 heavy (non-hydrogen) atoms. The van der Waals surface area contributed by atoms with Crippen LogP contribution in [0.2, 0.25) is 0 Å². The van der Waals surface area contributed by atoms with E-state index in [0.29, 0.717) is 17.6 Å². The molecule has 13 rings (SSSR count). The lowest BCUT2D eigenvalue weighted by Gasteiger charge is -2.19. The number of rotatable bonds is 8. The second-order valence-corrected chi connectivity index (χ2v) is 17.2. The zero-order chi connectivity index (χ0) is 45.0. The monoisotopic (exact) mass is 867 g/mol. The van der Waals surface area contributed by atoms with E-state index in [2.05, 4.69) is 234 Å². The van der Waals surface area contributed by atoms with E-state index in [1.807, 2.05) is 24.3 Å². The summed E-state index contributed by atoms with van der Waals surface area (Å²) in [5.74, 6) is 1.78. The van der Waals surface area contributed by atoms with Gasteiger partial charge in [-0.2, -0.15) is 9.97 Å². The molecule has 5 heteroatoms. The molecule has 0 saturated heterocycles. The maximum Gasteiger partial charge on any atom is 0.238 e. The van der Waals surface area contributed by atoms with Gasteiger partial charge in [0.1, 0.15) is 0 Å². The molecular weight excluding hydrogens is 827 g/mol. The van der Waals surface area contributed by atoms with Crippen molar-refractivity contribution in [2.45, 2.75) is 0 Å². The normalized spacial score (nSPS) is 11.5. The van der Waals surface area contributed by atoms with E-state index in [9.17, 15) is 0 Å². The van der Waals surface area contributed by atoms with Crippen LogP contribution < -0.4 is 0 Å². The Morgan fingerprint density at radius 3 is 1.07 bits per heavy atom. The molecule has 5 nitrogen and oxygen atoms in total. The molecule has 3 heterocycles. The summed E-state index contributed by atoms with van der Waals surface area (Å²) in [5, 5.41) is 4.54. The number of nitrogens with zero attached hydrogens (tertiary/aromatic N) is 5. The van der Waals surface area contributed by atoms with Gasteiger partial charge in [0, 0.05) is 43.8 Å². The zero-order valence-electron chi connectivity index (χ0n) is 36.9. The van der Waals surface area contributed by atoms with Gasteiger partial charge < -0.3 is 4.57 Å². The fraction of sp³-hybridized carbons (Fsp3) is 0. The van der Waals surface area contributed by atoms with Crippen LogP contribution in [-0.4, -0.2) is 24.1 Å². The average Bonchev–Trinajstić information content (AvgIpc) is 3.92. The predicted octanol–water partition coefficient (Wildman–Crippen LogP) is 16.1. The summed E-state index contributed by atoms with van der Waals surface area (Å²) in [4.78, 5) is 15.8. The van der Waals surface area contributed by atoms with Crippen molar-refractivity contribution in [1.82, 2.24) is 24.1 Å². The van der Waals surface area contributed by atoms with Gasteiger partial charge in [0.05, 0.1) is 27.8 Å². The molecule has 0 saturated carbocycles. The van der Waals surface area contributed by atoms with Crippen molar-refractivity contribution in [1.29, 1.82) is 0 Å². The summed E-state index contributed by atoms with van der Waals surface area (Å²) in [7, 11) is 0. The predicted molar refractivity (Wildman–Crippen MR) is 281 cm³/mol. The van der Waals surface area contributed by atoms with Gasteiger partial charge in [-0.05, 0) is 57.6 Å². The van der Waals surface area contributed by atoms with Crippen molar-refractivity contribution >= 4 is 43.6 Å². The lowest BCUT2D eigenvalue weighted by Crippen LogP contribution is -2.06. The summed E-state index contributed by atoms with van der Waals surface area (Å²) in [5.41, 5.74) is 16.6. The maximum absolute atomic E-state index is 5.34. The number of hydrogen-bond acceptors (Lipinski definition) is 3. The zero-order valence-corrected chi connectivity index (χ0v) is 36.9. The molecule has 0 radical (unpaired) electrons. The maximum atomic E-state index is 5.34. The topological polar surface area (TPSA) is 48.5 Å². The Labute approximate surface area is 393 Å². The van der Waals surface area contributed by atoms with Crippen molar-refractivity contribution < 1.29 is 0 Å². The number of benzene rings is 10. The largest absolute Gasteiger partial charge is 0.308 e. The van der Waals surface area contributed by atoms with Gasteiger partial charge in [-0.25, -0.2) is 4.98 Å². The minimum absolute atomic E-state index is 0.560. The fourth-order valence-electron chi connectivity index (χ4n) is 9.98. The number of hydrogen-bond donors (Lipinski definition) is 0. The molecule has 10 aromatic carbocycles. The molecule has 0 unspecified atom stereocenters. The number of para-hydroxylation sites is 3. The van der Waals surface area contributed by atoms with Crippen LogP contribution in [0.1, 0.15) is 0 Å². The molecule has 3 aromatic heterocycles. The average molecular weight is 868 g/mol. The van der Waals surface area contributed by atoms with Crippen molar-refractivity contribution in [3.8, 4) is 78.9 Å². The van der Waals surface area contributed by atoms with E-state index in [1.165, 1.54) is 16.5 Å². The third-order valence-corrected chi connectivity index (χ3v) is 13.2. The molecule has 0 aliphatic rings. The van der Waals surface area contributed by atoms with E-state index < -0.39 is 0 Å². The van der Waals surface area contributed by atoms with E-state index in [4.69, 9.17) is 15.0 Å². The van der Waals surface area contributed by atoms with Crippen LogP contribution in [-0.2, 0) is 0 Å². The van der Waals surface area contributed by atoms with Crippen LogP contribution in [0.4, 0.5) is 0 Å². The Hall–Kier alpha value is -9.19. The van der Waals surface area contributed by atoms with Gasteiger partial charge in [-0.1, -0.05) is 224 Å². The highest BCUT2D eigenvalue weighted by Gasteiger charge is 2.24. The van der Waals surface area contributed by atoms with Crippen molar-refractivity contribution in [3.63, 3.8) is 0 Å². The van der Waals surface area contributed by atoms with Crippen LogP contribution in [0.25, 0.3) is 123 Å². The van der Waals surface area contributed by atoms with Crippen molar-refractivity contribution in [2.75, 3.05) is 0 Å². The number of aromatic nitrogens is 5. The van der Waals surface area contributed by atoms with Crippen LogP contribution in [0.5, 0.6) is 0 Å². The molecule has 0 fully saturated rings. The molecule has 0 amide bonds. The fourth-order valence-corrected chi connectivity index (χ4v) is 9.98. The molecule has 0 atom stereocenters. The summed E-state index contributed by atoms with van der Waals surface area (Å²) in [6, 6.07) is 88.3. The first-order valence-corrected chi connectivity index (χ1v) is 23.0. The van der Waals surface area contributed by atoms with Crippen molar-refractivity contribution in [2.24, 2.45) is 0 Å². The molecule has 13 aromatic rings. The Balaban J connectivity index is 1.02. The third-order valence-electron chi connectivity index (χ3n) is 13.2. The van der Waals surface area contributed by atoms with Gasteiger partial charge in [-0.15, -0.1) is 0 Å². The highest BCUT2D eigenvalue weighted by atomic mass is 15.2. The molecule has 0 N–H and O–H groups in total. The van der Waals surface area contributed by atoms with Gasteiger partial charge in [0.15, 0.2) is 11.6 Å². The first-order chi connectivity index (χ1) is 33.7. The van der Waals surface area contributed by atoms with E-state index >= 15 is 0 Å². The third kappa shape index (κ3) is 6.68. The van der Waals surface area contributed by atoms with E-state index in [1.54, 1.807) is 0 Å². The first-order valence-electron chi connectivity index (χ1n) is 23.0. The SMILES string of the molecule is c1ccc(-c2ccc(-c3ccc(-c4nc(-c5ccccc5)nc(-n5c6ccccc6c6cc7c(cc65)c5ccccc5n7-c5c(-c6ccccc6)cccc5-c5ccccc5)n4)cc3)cc2)cc1. The van der Waals surface area contributed by atoms with Crippen molar-refractivity contribution in [3.05, 3.63) is 249 Å². The molecular formula is C63H41N5. The van der Waals surface area contributed by atoms with Gasteiger partial charge >= 0.3 is 0 Å². The van der Waals surface area contributed by atoms with Gasteiger partial charge in [-0.3, -0.25) is 4.57 Å². The van der Waals surface area contributed by atoms with E-state index in [-0.39, 0.29) is 0 Å². The van der Waals surface area contributed by atoms with Gasteiger partial charge in [0.2, 0.25) is 5.95 Å². The van der Waals surface area contributed by atoms with Crippen LogP contribution >= 0.6 is 0 Å². The molecule has 0 aliphatic heterocycles. The lowest BCUT2D eigenvalue weighted by atomic mass is 9.95. The smallest absolute Gasteiger partial charge is 0.238 e. The minimum atomic E-state index is 0.560. The van der Waals surface area contributed by atoms with Crippen LogP contribution in [0.3, 0.4) is 0 Å². The van der Waals surface area contributed by atoms with Crippen LogP contribution in [0.15, 0.2) is 249 Å². The highest BCUT2D eigenvalue weighted by molar-refractivity contribution is 6.19.